The van der Waals surface area contributed by atoms with Crippen molar-refractivity contribution in [2.75, 3.05) is 45.0 Å². The number of likely N-dealkylation sites (N-methyl/N-ethyl adjacent to an activating group) is 1. The number of carbonyl (C=O) groups excluding carboxylic acids is 1. The highest BCUT2D eigenvalue weighted by Crippen LogP contribution is 2.20. The lowest BCUT2D eigenvalue weighted by atomic mass is 9.97. The van der Waals surface area contributed by atoms with Crippen molar-refractivity contribution in [2.24, 2.45) is 5.92 Å². The van der Waals surface area contributed by atoms with E-state index in [0.717, 1.165) is 19.6 Å². The van der Waals surface area contributed by atoms with Crippen molar-refractivity contribution in [3.63, 3.8) is 0 Å². The van der Waals surface area contributed by atoms with Crippen LogP contribution in [0.15, 0.2) is 0 Å². The first kappa shape index (κ1) is 19.4. The van der Waals surface area contributed by atoms with Gasteiger partial charge < -0.3 is 10.2 Å². The van der Waals surface area contributed by atoms with Crippen LogP contribution in [0.3, 0.4) is 0 Å². The number of amides is 1. The highest BCUT2D eigenvalue weighted by molar-refractivity contribution is 7.89. The molecule has 1 rings (SSSR count). The highest BCUT2D eigenvalue weighted by Gasteiger charge is 2.30. The molecule has 1 amide bonds. The van der Waals surface area contributed by atoms with Crippen LogP contribution in [0.25, 0.3) is 0 Å². The normalized spacial score (nSPS) is 17.8. The molecule has 0 aromatic rings. The number of piperidine rings is 1. The lowest BCUT2D eigenvalue weighted by molar-refractivity contribution is -0.126. The fourth-order valence-electron chi connectivity index (χ4n) is 2.80. The van der Waals surface area contributed by atoms with E-state index in [2.05, 4.69) is 24.1 Å². The van der Waals surface area contributed by atoms with E-state index in [-0.39, 0.29) is 17.6 Å². The molecule has 0 radical (unpaired) electrons. The highest BCUT2D eigenvalue weighted by atomic mass is 32.2. The van der Waals surface area contributed by atoms with Crippen LogP contribution in [0.4, 0.5) is 0 Å². The van der Waals surface area contributed by atoms with Gasteiger partial charge >= 0.3 is 0 Å². The van der Waals surface area contributed by atoms with E-state index in [1.165, 1.54) is 4.31 Å². The van der Waals surface area contributed by atoms with Gasteiger partial charge in [0.05, 0.1) is 5.75 Å². The summed E-state index contributed by atoms with van der Waals surface area (Å²) in [6.45, 7) is 10.5. The summed E-state index contributed by atoms with van der Waals surface area (Å²) in [7, 11) is -3.12. The third-order valence-corrected chi connectivity index (χ3v) is 6.38. The lowest BCUT2D eigenvalue weighted by Crippen LogP contribution is -2.44. The van der Waals surface area contributed by atoms with Crippen LogP contribution >= 0.6 is 0 Å². The van der Waals surface area contributed by atoms with Gasteiger partial charge in [-0.1, -0.05) is 20.8 Å². The zero-order valence-corrected chi connectivity index (χ0v) is 15.0. The SMILES string of the molecule is CCCS(=O)(=O)N1CCC(C(=O)NCCN(CC)CC)CC1. The Labute approximate surface area is 135 Å². The molecule has 0 bridgehead atoms. The van der Waals surface area contributed by atoms with Crippen LogP contribution < -0.4 is 5.32 Å². The van der Waals surface area contributed by atoms with E-state index in [0.29, 0.717) is 38.9 Å². The average molecular weight is 333 g/mol. The molecule has 0 aromatic heterocycles. The van der Waals surface area contributed by atoms with Crippen LogP contribution in [0, 0.1) is 5.92 Å². The molecule has 0 aliphatic carbocycles. The van der Waals surface area contributed by atoms with Gasteiger partial charge in [0.25, 0.3) is 0 Å². The Kier molecular flexibility index (Phi) is 8.35. The Balaban J connectivity index is 2.33. The first-order valence-corrected chi connectivity index (χ1v) is 10.0. The molecule has 6 nitrogen and oxygen atoms in total. The van der Waals surface area contributed by atoms with Gasteiger partial charge in [0.2, 0.25) is 15.9 Å². The smallest absolute Gasteiger partial charge is 0.223 e. The van der Waals surface area contributed by atoms with Crippen LogP contribution in [0.5, 0.6) is 0 Å². The maximum atomic E-state index is 12.1. The number of hydrogen-bond donors (Lipinski definition) is 1. The number of carbonyl (C=O) groups is 1. The number of rotatable bonds is 9. The second-order valence-corrected chi connectivity index (χ2v) is 7.90. The Bertz CT molecular complexity index is 427. The zero-order valence-electron chi connectivity index (χ0n) is 14.2. The predicted octanol–water partition coefficient (Wildman–Crippen LogP) is 0.896. The van der Waals surface area contributed by atoms with E-state index in [4.69, 9.17) is 0 Å². The Morgan fingerprint density at radius 1 is 1.18 bits per heavy atom. The number of hydrogen-bond acceptors (Lipinski definition) is 4. The quantitative estimate of drug-likeness (QED) is 0.680. The van der Waals surface area contributed by atoms with E-state index < -0.39 is 10.0 Å². The summed E-state index contributed by atoms with van der Waals surface area (Å²) in [4.78, 5) is 14.4. The molecule has 0 unspecified atom stereocenters. The molecule has 0 atom stereocenters. The summed E-state index contributed by atoms with van der Waals surface area (Å²) in [6, 6.07) is 0. The molecular formula is C15H31N3O3S. The minimum atomic E-state index is -3.12. The molecule has 7 heteroatoms. The molecule has 1 N–H and O–H groups in total. The largest absolute Gasteiger partial charge is 0.355 e. The van der Waals surface area contributed by atoms with Crippen LogP contribution in [-0.2, 0) is 14.8 Å². The predicted molar refractivity (Wildman–Crippen MR) is 89.2 cm³/mol. The van der Waals surface area contributed by atoms with Gasteiger partial charge in [-0.15, -0.1) is 0 Å². The molecule has 1 fully saturated rings. The standard InChI is InChI=1S/C15H31N3O3S/c1-4-13-22(20,21)18-10-7-14(8-11-18)15(19)16-9-12-17(5-2)6-3/h14H,4-13H2,1-3H3,(H,16,19). The van der Waals surface area contributed by atoms with E-state index in [1.54, 1.807) is 0 Å². The third-order valence-electron chi connectivity index (χ3n) is 4.30. The lowest BCUT2D eigenvalue weighted by Gasteiger charge is -2.30. The van der Waals surface area contributed by atoms with Crippen molar-refractivity contribution in [1.29, 1.82) is 0 Å². The Hall–Kier alpha value is -0.660. The van der Waals surface area contributed by atoms with Crippen LogP contribution in [0.1, 0.15) is 40.0 Å². The van der Waals surface area contributed by atoms with Gasteiger partial charge in [-0.2, -0.15) is 0 Å². The second kappa shape index (κ2) is 9.47. The minimum absolute atomic E-state index is 0.0511. The molecule has 0 aromatic carbocycles. The van der Waals surface area contributed by atoms with E-state index >= 15 is 0 Å². The van der Waals surface area contributed by atoms with Crippen LogP contribution in [-0.4, -0.2) is 68.6 Å². The van der Waals surface area contributed by atoms with Gasteiger partial charge in [-0.3, -0.25) is 4.79 Å². The molecular weight excluding hydrogens is 302 g/mol. The molecule has 0 saturated carbocycles. The van der Waals surface area contributed by atoms with E-state index in [9.17, 15) is 13.2 Å². The van der Waals surface area contributed by atoms with Crippen molar-refractivity contribution >= 4 is 15.9 Å². The van der Waals surface area contributed by atoms with Gasteiger partial charge in [-0.05, 0) is 32.4 Å². The first-order chi connectivity index (χ1) is 10.4. The maximum Gasteiger partial charge on any atom is 0.223 e. The summed E-state index contributed by atoms with van der Waals surface area (Å²) in [6.07, 6.45) is 1.88. The Morgan fingerprint density at radius 3 is 2.27 bits per heavy atom. The van der Waals surface area contributed by atoms with Gasteiger partial charge in [0.1, 0.15) is 0 Å². The average Bonchev–Trinajstić information content (AvgIpc) is 2.51. The van der Waals surface area contributed by atoms with Gasteiger partial charge in [-0.25, -0.2) is 12.7 Å². The molecule has 130 valence electrons. The van der Waals surface area contributed by atoms with Crippen molar-refractivity contribution in [3.05, 3.63) is 0 Å². The summed E-state index contributed by atoms with van der Waals surface area (Å²) < 4.78 is 25.5. The molecule has 1 heterocycles. The van der Waals surface area contributed by atoms with E-state index in [1.807, 2.05) is 6.92 Å². The van der Waals surface area contributed by atoms with Gasteiger partial charge in [0, 0.05) is 32.1 Å². The van der Waals surface area contributed by atoms with Gasteiger partial charge in [0.15, 0.2) is 0 Å². The summed E-state index contributed by atoms with van der Waals surface area (Å²) >= 11 is 0. The first-order valence-electron chi connectivity index (χ1n) is 8.42. The van der Waals surface area contributed by atoms with Crippen molar-refractivity contribution in [3.8, 4) is 0 Å². The maximum absolute atomic E-state index is 12.1. The number of sulfonamides is 1. The minimum Gasteiger partial charge on any atom is -0.355 e. The second-order valence-electron chi connectivity index (χ2n) is 5.81. The van der Waals surface area contributed by atoms with Crippen molar-refractivity contribution < 1.29 is 13.2 Å². The summed E-state index contributed by atoms with van der Waals surface area (Å²) in [5, 5.41) is 2.98. The molecule has 22 heavy (non-hydrogen) atoms. The number of nitrogens with zero attached hydrogens (tertiary/aromatic N) is 2. The number of nitrogens with one attached hydrogen (secondary N) is 1. The topological polar surface area (TPSA) is 69.7 Å². The molecule has 1 aliphatic heterocycles. The molecule has 0 spiro atoms. The summed E-state index contributed by atoms with van der Waals surface area (Å²) in [5.41, 5.74) is 0. The zero-order chi connectivity index (χ0) is 16.6. The Morgan fingerprint density at radius 2 is 1.77 bits per heavy atom. The fourth-order valence-corrected chi connectivity index (χ4v) is 4.35. The summed E-state index contributed by atoms with van der Waals surface area (Å²) in [5.74, 6) is 0.220. The fraction of sp³-hybridized carbons (Fsp3) is 0.933. The van der Waals surface area contributed by atoms with Crippen molar-refractivity contribution in [2.45, 2.75) is 40.0 Å². The van der Waals surface area contributed by atoms with Crippen molar-refractivity contribution in [1.82, 2.24) is 14.5 Å². The molecule has 1 saturated heterocycles. The third kappa shape index (κ3) is 5.85. The molecule has 1 aliphatic rings. The van der Waals surface area contributed by atoms with Crippen LogP contribution in [0.2, 0.25) is 0 Å². The monoisotopic (exact) mass is 333 g/mol.